The maximum Gasteiger partial charge on any atom is 0.241 e. The minimum absolute atomic E-state index is 0.231. The zero-order valence-electron chi connectivity index (χ0n) is 13.3. The third-order valence-corrected chi connectivity index (χ3v) is 5.22. The summed E-state index contributed by atoms with van der Waals surface area (Å²) in [6.45, 7) is 5.51. The predicted octanol–water partition coefficient (Wildman–Crippen LogP) is 3.22. The number of hydrogen-bond donors (Lipinski definition) is 1. The van der Waals surface area contributed by atoms with Crippen LogP contribution in [0.25, 0.3) is 0 Å². The standard InChI is InChI=1S/C17H21NO3S/c1-13-12-15(10-11-16(13)21-4)22(19,20)18-17(2,3)14-8-6-5-7-9-14/h5-12,18H,1-4H3. The van der Waals surface area contributed by atoms with Gasteiger partial charge in [-0.3, -0.25) is 0 Å². The number of methoxy groups -OCH3 is 1. The molecule has 0 radical (unpaired) electrons. The van der Waals surface area contributed by atoms with Gasteiger partial charge in [-0.2, -0.15) is 0 Å². The molecule has 1 N–H and O–H groups in total. The van der Waals surface area contributed by atoms with Gasteiger partial charge in [0.15, 0.2) is 0 Å². The average molecular weight is 319 g/mol. The summed E-state index contributed by atoms with van der Waals surface area (Å²) in [4.78, 5) is 0.231. The molecule has 0 bridgehead atoms. The van der Waals surface area contributed by atoms with Crippen LogP contribution in [0.2, 0.25) is 0 Å². The lowest BCUT2D eigenvalue weighted by Crippen LogP contribution is -2.40. The Bertz CT molecular complexity index is 753. The highest BCUT2D eigenvalue weighted by Crippen LogP contribution is 2.25. The fourth-order valence-corrected chi connectivity index (χ4v) is 3.81. The van der Waals surface area contributed by atoms with Crippen molar-refractivity contribution in [2.75, 3.05) is 7.11 Å². The highest BCUT2D eigenvalue weighted by Gasteiger charge is 2.28. The molecule has 2 aromatic rings. The van der Waals surface area contributed by atoms with Crippen LogP contribution < -0.4 is 9.46 Å². The molecule has 0 spiro atoms. The van der Waals surface area contributed by atoms with Gasteiger partial charge in [-0.15, -0.1) is 0 Å². The normalized spacial score (nSPS) is 12.2. The van der Waals surface area contributed by atoms with E-state index in [2.05, 4.69) is 4.72 Å². The molecule has 0 fully saturated rings. The topological polar surface area (TPSA) is 55.4 Å². The van der Waals surface area contributed by atoms with Crippen molar-refractivity contribution < 1.29 is 13.2 Å². The van der Waals surface area contributed by atoms with E-state index in [4.69, 9.17) is 4.74 Å². The molecule has 0 heterocycles. The summed E-state index contributed by atoms with van der Waals surface area (Å²) >= 11 is 0. The predicted molar refractivity (Wildman–Crippen MR) is 87.5 cm³/mol. The largest absolute Gasteiger partial charge is 0.496 e. The number of nitrogens with one attached hydrogen (secondary N) is 1. The van der Waals surface area contributed by atoms with E-state index in [-0.39, 0.29) is 4.90 Å². The van der Waals surface area contributed by atoms with Crippen molar-refractivity contribution in [3.05, 3.63) is 59.7 Å². The Morgan fingerprint density at radius 1 is 1.05 bits per heavy atom. The summed E-state index contributed by atoms with van der Waals surface area (Å²) in [5.74, 6) is 0.668. The van der Waals surface area contributed by atoms with E-state index in [0.717, 1.165) is 11.1 Å². The van der Waals surface area contributed by atoms with Crippen molar-refractivity contribution in [2.45, 2.75) is 31.2 Å². The van der Waals surface area contributed by atoms with E-state index in [0.29, 0.717) is 5.75 Å². The van der Waals surface area contributed by atoms with Crippen LogP contribution in [0.15, 0.2) is 53.4 Å². The first-order valence-corrected chi connectivity index (χ1v) is 8.49. The van der Waals surface area contributed by atoms with Crippen LogP contribution in [-0.4, -0.2) is 15.5 Å². The molecule has 0 unspecified atom stereocenters. The first-order chi connectivity index (χ1) is 10.3. The molecule has 0 aliphatic rings. The van der Waals surface area contributed by atoms with Gasteiger partial charge < -0.3 is 4.74 Å². The van der Waals surface area contributed by atoms with Gasteiger partial charge in [0.1, 0.15) is 5.75 Å². The molecular weight excluding hydrogens is 298 g/mol. The van der Waals surface area contributed by atoms with Crippen molar-refractivity contribution in [3.63, 3.8) is 0 Å². The van der Waals surface area contributed by atoms with Gasteiger partial charge in [0.05, 0.1) is 17.5 Å². The second-order valence-corrected chi connectivity index (χ2v) is 7.41. The third-order valence-electron chi connectivity index (χ3n) is 3.56. The van der Waals surface area contributed by atoms with Crippen LogP contribution >= 0.6 is 0 Å². The lowest BCUT2D eigenvalue weighted by atomic mass is 9.96. The molecule has 0 saturated heterocycles. The molecule has 0 saturated carbocycles. The minimum Gasteiger partial charge on any atom is -0.496 e. The molecule has 5 heteroatoms. The van der Waals surface area contributed by atoms with Crippen molar-refractivity contribution in [3.8, 4) is 5.75 Å². The summed E-state index contributed by atoms with van der Waals surface area (Å²) in [6.07, 6.45) is 0. The van der Waals surface area contributed by atoms with Crippen molar-refractivity contribution >= 4 is 10.0 Å². The van der Waals surface area contributed by atoms with Gasteiger partial charge in [-0.05, 0) is 50.1 Å². The van der Waals surface area contributed by atoms with Gasteiger partial charge >= 0.3 is 0 Å². The van der Waals surface area contributed by atoms with Gasteiger partial charge in [-0.1, -0.05) is 30.3 Å². The Balaban J connectivity index is 2.33. The minimum atomic E-state index is -3.62. The van der Waals surface area contributed by atoms with E-state index in [9.17, 15) is 8.42 Å². The van der Waals surface area contributed by atoms with Crippen LogP contribution in [0.3, 0.4) is 0 Å². The Kier molecular flexibility index (Phi) is 4.58. The number of rotatable bonds is 5. The first-order valence-electron chi connectivity index (χ1n) is 7.00. The quantitative estimate of drug-likeness (QED) is 0.920. The molecule has 0 amide bonds. The molecule has 0 aliphatic carbocycles. The summed E-state index contributed by atoms with van der Waals surface area (Å²) in [5, 5.41) is 0. The molecule has 4 nitrogen and oxygen atoms in total. The number of ether oxygens (including phenoxy) is 1. The summed E-state index contributed by atoms with van der Waals surface area (Å²) in [7, 11) is -2.06. The Morgan fingerprint density at radius 3 is 2.23 bits per heavy atom. The zero-order chi connectivity index (χ0) is 16.4. The average Bonchev–Trinajstić information content (AvgIpc) is 2.47. The smallest absolute Gasteiger partial charge is 0.241 e. The van der Waals surface area contributed by atoms with Crippen LogP contribution in [0, 0.1) is 6.92 Å². The van der Waals surface area contributed by atoms with Crippen LogP contribution in [-0.2, 0) is 15.6 Å². The molecule has 2 rings (SSSR count). The van der Waals surface area contributed by atoms with Crippen molar-refractivity contribution in [1.82, 2.24) is 4.72 Å². The third kappa shape index (κ3) is 3.48. The van der Waals surface area contributed by atoms with Crippen molar-refractivity contribution in [1.29, 1.82) is 0 Å². The van der Waals surface area contributed by atoms with E-state index in [1.807, 2.05) is 51.1 Å². The van der Waals surface area contributed by atoms with Crippen LogP contribution in [0.4, 0.5) is 0 Å². The van der Waals surface area contributed by atoms with Gasteiger partial charge in [0.2, 0.25) is 10.0 Å². The molecule has 0 atom stereocenters. The zero-order valence-corrected chi connectivity index (χ0v) is 14.1. The highest BCUT2D eigenvalue weighted by molar-refractivity contribution is 7.89. The maximum atomic E-state index is 12.6. The Morgan fingerprint density at radius 2 is 1.68 bits per heavy atom. The molecule has 0 aromatic heterocycles. The monoisotopic (exact) mass is 319 g/mol. The fraction of sp³-hybridized carbons (Fsp3) is 0.294. The van der Waals surface area contributed by atoms with Gasteiger partial charge in [0.25, 0.3) is 0 Å². The number of aryl methyl sites for hydroxylation is 1. The molecule has 118 valence electrons. The number of hydrogen-bond acceptors (Lipinski definition) is 3. The van der Waals surface area contributed by atoms with Gasteiger partial charge in [-0.25, -0.2) is 13.1 Å². The Labute approximate surface area is 132 Å². The van der Waals surface area contributed by atoms with Crippen LogP contribution in [0.5, 0.6) is 5.75 Å². The molecule has 22 heavy (non-hydrogen) atoms. The van der Waals surface area contributed by atoms with Crippen molar-refractivity contribution in [2.24, 2.45) is 0 Å². The molecule has 2 aromatic carbocycles. The van der Waals surface area contributed by atoms with Crippen LogP contribution in [0.1, 0.15) is 25.0 Å². The first kappa shape index (κ1) is 16.5. The maximum absolute atomic E-state index is 12.6. The lowest BCUT2D eigenvalue weighted by molar-refractivity contribution is 0.411. The second-order valence-electron chi connectivity index (χ2n) is 5.73. The fourth-order valence-electron chi connectivity index (χ4n) is 2.33. The molecule has 0 aliphatic heterocycles. The lowest BCUT2D eigenvalue weighted by Gasteiger charge is -2.26. The summed E-state index contributed by atoms with van der Waals surface area (Å²) in [6, 6.07) is 14.3. The summed E-state index contributed by atoms with van der Waals surface area (Å²) < 4.78 is 33.2. The van der Waals surface area contributed by atoms with Gasteiger partial charge in [0, 0.05) is 0 Å². The van der Waals surface area contributed by atoms with E-state index >= 15 is 0 Å². The van der Waals surface area contributed by atoms with E-state index in [1.165, 1.54) is 0 Å². The van der Waals surface area contributed by atoms with E-state index in [1.54, 1.807) is 25.3 Å². The SMILES string of the molecule is COc1ccc(S(=O)(=O)NC(C)(C)c2ccccc2)cc1C. The highest BCUT2D eigenvalue weighted by atomic mass is 32.2. The Hall–Kier alpha value is -1.85. The number of benzene rings is 2. The summed E-state index contributed by atoms with van der Waals surface area (Å²) in [5.41, 5.74) is 0.986. The molecular formula is C17H21NO3S. The number of sulfonamides is 1. The second kappa shape index (κ2) is 6.10. The van der Waals surface area contributed by atoms with E-state index < -0.39 is 15.6 Å².